The minimum Gasteiger partial charge on any atom is -0.504 e. The maximum atomic E-state index is 12.1. The summed E-state index contributed by atoms with van der Waals surface area (Å²) in [4.78, 5) is 16.9. The number of halogens is 2. The quantitative estimate of drug-likeness (QED) is 0.746. The SMILES string of the molecule is COc1cc(/C=C2\SC(=Nc3ccc(Cl)c(Cl)c3)NC2=O)ccc1O. The van der Waals surface area contributed by atoms with Crippen molar-refractivity contribution in [3.63, 3.8) is 0 Å². The first-order valence-electron chi connectivity index (χ1n) is 7.08. The first kappa shape index (κ1) is 17.7. The molecule has 1 aliphatic rings. The number of nitrogens with zero attached hydrogens (tertiary/aromatic N) is 1. The van der Waals surface area contributed by atoms with Crippen molar-refractivity contribution in [3.8, 4) is 11.5 Å². The molecule has 2 aromatic rings. The zero-order valence-corrected chi connectivity index (χ0v) is 15.2. The maximum Gasteiger partial charge on any atom is 0.264 e. The smallest absolute Gasteiger partial charge is 0.264 e. The predicted octanol–water partition coefficient (Wildman–Crippen LogP) is 4.60. The molecule has 128 valence electrons. The topological polar surface area (TPSA) is 70.9 Å². The predicted molar refractivity (Wildman–Crippen MR) is 102 cm³/mol. The fourth-order valence-electron chi connectivity index (χ4n) is 2.09. The van der Waals surface area contributed by atoms with Gasteiger partial charge in [-0.2, -0.15) is 0 Å². The minimum absolute atomic E-state index is 0.0371. The molecular formula is C17H12Cl2N2O3S. The van der Waals surface area contributed by atoms with Gasteiger partial charge in [0.05, 0.1) is 27.7 Å². The van der Waals surface area contributed by atoms with Gasteiger partial charge in [0, 0.05) is 0 Å². The van der Waals surface area contributed by atoms with Gasteiger partial charge in [-0.3, -0.25) is 4.79 Å². The zero-order valence-electron chi connectivity index (χ0n) is 12.9. The lowest BCUT2D eigenvalue weighted by Crippen LogP contribution is -2.19. The van der Waals surface area contributed by atoms with Crippen LogP contribution in [0.25, 0.3) is 6.08 Å². The number of benzene rings is 2. The van der Waals surface area contributed by atoms with E-state index < -0.39 is 0 Å². The number of rotatable bonds is 3. The van der Waals surface area contributed by atoms with Gasteiger partial charge in [0.15, 0.2) is 16.7 Å². The van der Waals surface area contributed by atoms with Gasteiger partial charge < -0.3 is 15.2 Å². The number of carbonyl (C=O) groups excluding carboxylic acids is 1. The van der Waals surface area contributed by atoms with Crippen LogP contribution in [0.5, 0.6) is 11.5 Å². The normalized spacial score (nSPS) is 17.2. The Kier molecular flexibility index (Phi) is 5.22. The van der Waals surface area contributed by atoms with Gasteiger partial charge in [-0.15, -0.1) is 0 Å². The Labute approximate surface area is 158 Å². The van der Waals surface area contributed by atoms with Crippen molar-refractivity contribution in [2.45, 2.75) is 0 Å². The van der Waals surface area contributed by atoms with Crippen molar-refractivity contribution in [2.75, 3.05) is 7.11 Å². The molecule has 1 fully saturated rings. The Morgan fingerprint density at radius 3 is 2.72 bits per heavy atom. The second-order valence-corrected chi connectivity index (χ2v) is 6.86. The van der Waals surface area contributed by atoms with Crippen LogP contribution in [0.1, 0.15) is 5.56 Å². The highest BCUT2D eigenvalue weighted by molar-refractivity contribution is 8.18. The molecule has 0 spiro atoms. The number of methoxy groups -OCH3 is 1. The Morgan fingerprint density at radius 2 is 2.00 bits per heavy atom. The Bertz CT molecular complexity index is 913. The molecule has 25 heavy (non-hydrogen) atoms. The fourth-order valence-corrected chi connectivity index (χ4v) is 3.22. The molecule has 1 heterocycles. The van der Waals surface area contributed by atoms with E-state index in [2.05, 4.69) is 10.3 Å². The number of aromatic hydroxyl groups is 1. The summed E-state index contributed by atoms with van der Waals surface area (Å²) in [5.74, 6) is 0.119. The molecule has 3 rings (SSSR count). The fraction of sp³-hybridized carbons (Fsp3) is 0.0588. The number of phenolic OH excluding ortho intramolecular Hbond substituents is 1. The van der Waals surface area contributed by atoms with Crippen LogP contribution in [0.3, 0.4) is 0 Å². The van der Waals surface area contributed by atoms with Crippen LogP contribution in [0.15, 0.2) is 46.3 Å². The molecular weight excluding hydrogens is 383 g/mol. The third-order valence-corrected chi connectivity index (χ3v) is 4.94. The molecule has 0 aromatic heterocycles. The molecule has 0 atom stereocenters. The maximum absolute atomic E-state index is 12.1. The standard InChI is InChI=1S/C17H12Cl2N2O3S/c1-24-14-6-9(2-5-13(14)22)7-15-16(23)21-17(25-15)20-10-3-4-11(18)12(19)8-10/h2-8,22H,1H3,(H,20,21,23)/b15-7-. The summed E-state index contributed by atoms with van der Waals surface area (Å²) >= 11 is 13.1. The largest absolute Gasteiger partial charge is 0.504 e. The van der Waals surface area contributed by atoms with Gasteiger partial charge in [0.1, 0.15) is 0 Å². The molecule has 0 bridgehead atoms. The summed E-state index contributed by atoms with van der Waals surface area (Å²) in [6, 6.07) is 9.81. The van der Waals surface area contributed by atoms with E-state index >= 15 is 0 Å². The lowest BCUT2D eigenvalue weighted by molar-refractivity contribution is -0.115. The van der Waals surface area contributed by atoms with Crippen LogP contribution in [0.2, 0.25) is 10.0 Å². The zero-order chi connectivity index (χ0) is 18.0. The third-order valence-electron chi connectivity index (χ3n) is 3.29. The van der Waals surface area contributed by atoms with Crippen molar-refractivity contribution >= 4 is 57.8 Å². The second kappa shape index (κ2) is 7.39. The average molecular weight is 395 g/mol. The molecule has 0 aliphatic carbocycles. The molecule has 0 radical (unpaired) electrons. The number of amides is 1. The van der Waals surface area contributed by atoms with Crippen LogP contribution in [-0.2, 0) is 4.79 Å². The summed E-state index contributed by atoms with van der Waals surface area (Å²) in [5, 5.41) is 13.6. The summed E-state index contributed by atoms with van der Waals surface area (Å²) in [6.45, 7) is 0. The number of hydrogen-bond donors (Lipinski definition) is 2. The summed E-state index contributed by atoms with van der Waals surface area (Å²) in [5.41, 5.74) is 1.31. The van der Waals surface area contributed by atoms with Gasteiger partial charge in [-0.05, 0) is 53.7 Å². The summed E-state index contributed by atoms with van der Waals surface area (Å²) in [7, 11) is 1.46. The molecule has 1 aliphatic heterocycles. The van der Waals surface area contributed by atoms with Crippen LogP contribution >= 0.6 is 35.0 Å². The molecule has 5 nitrogen and oxygen atoms in total. The van der Waals surface area contributed by atoms with Gasteiger partial charge in [-0.1, -0.05) is 29.3 Å². The lowest BCUT2D eigenvalue weighted by Gasteiger charge is -2.03. The van der Waals surface area contributed by atoms with Gasteiger partial charge in [0.2, 0.25) is 0 Å². The Morgan fingerprint density at radius 1 is 1.20 bits per heavy atom. The first-order valence-corrected chi connectivity index (χ1v) is 8.65. The number of amidine groups is 1. The first-order chi connectivity index (χ1) is 12.0. The highest BCUT2D eigenvalue weighted by atomic mass is 35.5. The number of hydrogen-bond acceptors (Lipinski definition) is 5. The number of ether oxygens (including phenoxy) is 1. The van der Waals surface area contributed by atoms with Crippen LogP contribution < -0.4 is 10.1 Å². The average Bonchev–Trinajstić information content (AvgIpc) is 2.92. The molecule has 2 N–H and O–H groups in total. The van der Waals surface area contributed by atoms with E-state index in [1.807, 2.05) is 0 Å². The number of phenols is 1. The Hall–Kier alpha value is -2.15. The summed E-state index contributed by atoms with van der Waals surface area (Å²) < 4.78 is 5.06. The van der Waals surface area contributed by atoms with Crippen LogP contribution in [0.4, 0.5) is 5.69 Å². The minimum atomic E-state index is -0.254. The molecule has 8 heteroatoms. The number of aliphatic imine (C=N–C) groups is 1. The van der Waals surface area contributed by atoms with Gasteiger partial charge in [-0.25, -0.2) is 4.99 Å². The lowest BCUT2D eigenvalue weighted by atomic mass is 10.2. The number of carbonyl (C=O) groups is 1. The van der Waals surface area contributed by atoms with Crippen molar-refractivity contribution in [3.05, 3.63) is 56.9 Å². The second-order valence-electron chi connectivity index (χ2n) is 5.01. The number of nitrogens with one attached hydrogen (secondary N) is 1. The number of thioether (sulfide) groups is 1. The van der Waals surface area contributed by atoms with E-state index in [0.717, 1.165) is 5.56 Å². The van der Waals surface area contributed by atoms with E-state index in [1.165, 1.54) is 24.9 Å². The van der Waals surface area contributed by atoms with Gasteiger partial charge in [0.25, 0.3) is 5.91 Å². The van der Waals surface area contributed by atoms with Crippen LogP contribution in [0, 0.1) is 0 Å². The molecule has 0 saturated carbocycles. The van der Waals surface area contributed by atoms with Crippen molar-refractivity contribution in [1.82, 2.24) is 5.32 Å². The molecule has 1 amide bonds. The van der Waals surface area contributed by atoms with Crippen LogP contribution in [-0.4, -0.2) is 23.3 Å². The molecule has 2 aromatic carbocycles. The highest BCUT2D eigenvalue weighted by Crippen LogP contribution is 2.32. The van der Waals surface area contributed by atoms with E-state index in [4.69, 9.17) is 27.9 Å². The van der Waals surface area contributed by atoms with E-state index in [9.17, 15) is 9.90 Å². The molecule has 0 unspecified atom stereocenters. The van der Waals surface area contributed by atoms with Gasteiger partial charge >= 0.3 is 0 Å². The third kappa shape index (κ3) is 4.10. The van der Waals surface area contributed by atoms with Crippen molar-refractivity contribution in [1.29, 1.82) is 0 Å². The van der Waals surface area contributed by atoms with E-state index in [-0.39, 0.29) is 11.7 Å². The molecule has 1 saturated heterocycles. The highest BCUT2D eigenvalue weighted by Gasteiger charge is 2.24. The van der Waals surface area contributed by atoms with E-state index in [1.54, 1.807) is 36.4 Å². The van der Waals surface area contributed by atoms with Crippen molar-refractivity contribution in [2.24, 2.45) is 4.99 Å². The van der Waals surface area contributed by atoms with E-state index in [0.29, 0.717) is 31.6 Å². The monoisotopic (exact) mass is 394 g/mol. The summed E-state index contributed by atoms with van der Waals surface area (Å²) in [6.07, 6.45) is 1.69. The Balaban J connectivity index is 1.84. The van der Waals surface area contributed by atoms with Crippen molar-refractivity contribution < 1.29 is 14.6 Å².